The summed E-state index contributed by atoms with van der Waals surface area (Å²) in [5.41, 5.74) is 3.96. The molecule has 2 heterocycles. The van der Waals surface area contributed by atoms with Gasteiger partial charge in [-0.05, 0) is 35.3 Å². The third kappa shape index (κ3) is 3.38. The summed E-state index contributed by atoms with van der Waals surface area (Å²) in [6.45, 7) is 3.15. The van der Waals surface area contributed by atoms with E-state index >= 15 is 0 Å². The van der Waals surface area contributed by atoms with E-state index in [1.165, 1.54) is 0 Å². The van der Waals surface area contributed by atoms with E-state index in [1.54, 1.807) is 12.5 Å². The Morgan fingerprint density at radius 3 is 2.63 bits per heavy atom. The number of aryl methyl sites for hydroxylation is 1. The molecule has 136 valence electrons. The Labute approximate surface area is 157 Å². The van der Waals surface area contributed by atoms with Crippen LogP contribution < -0.4 is 5.43 Å². The fraction of sp³-hybridized carbons (Fsp3) is 0.174. The normalized spacial score (nSPS) is 14.0. The van der Waals surface area contributed by atoms with Gasteiger partial charge in [-0.3, -0.25) is 4.79 Å². The maximum Gasteiger partial charge on any atom is 0.200 e. The number of hydrogen-bond acceptors (Lipinski definition) is 4. The molecule has 0 fully saturated rings. The van der Waals surface area contributed by atoms with E-state index in [4.69, 9.17) is 13.9 Å². The summed E-state index contributed by atoms with van der Waals surface area (Å²) < 4.78 is 16.6. The summed E-state index contributed by atoms with van der Waals surface area (Å²) in [7, 11) is 0. The van der Waals surface area contributed by atoms with Gasteiger partial charge in [-0.25, -0.2) is 0 Å². The van der Waals surface area contributed by atoms with Crippen LogP contribution in [0.15, 0.2) is 76.0 Å². The van der Waals surface area contributed by atoms with Crippen LogP contribution >= 0.6 is 0 Å². The SMILES string of the molecule is CCc1c(/C=C\C2=COCCO2)ccc2occ(-c3ccccc3)c(=O)c12. The zero-order valence-corrected chi connectivity index (χ0v) is 15.1. The minimum atomic E-state index is -0.00832. The number of rotatable bonds is 4. The lowest BCUT2D eigenvalue weighted by Gasteiger charge is -2.13. The van der Waals surface area contributed by atoms with Crippen LogP contribution in [-0.2, 0) is 15.9 Å². The van der Waals surface area contributed by atoms with Gasteiger partial charge in [0.1, 0.15) is 31.3 Å². The van der Waals surface area contributed by atoms with Gasteiger partial charge in [-0.2, -0.15) is 0 Å². The summed E-state index contributed by atoms with van der Waals surface area (Å²) in [6, 6.07) is 13.4. The molecule has 0 saturated heterocycles. The topological polar surface area (TPSA) is 48.7 Å². The molecular weight excluding hydrogens is 340 g/mol. The zero-order valence-electron chi connectivity index (χ0n) is 15.1. The molecule has 27 heavy (non-hydrogen) atoms. The second-order valence-electron chi connectivity index (χ2n) is 6.28. The van der Waals surface area contributed by atoms with Crippen LogP contribution in [0.4, 0.5) is 0 Å². The fourth-order valence-electron chi connectivity index (χ4n) is 3.30. The van der Waals surface area contributed by atoms with E-state index in [0.29, 0.717) is 35.5 Å². The van der Waals surface area contributed by atoms with Crippen molar-refractivity contribution in [3.63, 3.8) is 0 Å². The first-order valence-electron chi connectivity index (χ1n) is 9.03. The molecule has 0 spiro atoms. The van der Waals surface area contributed by atoms with E-state index in [9.17, 15) is 4.79 Å². The average Bonchev–Trinajstić information content (AvgIpc) is 2.73. The first-order chi connectivity index (χ1) is 13.3. The average molecular weight is 360 g/mol. The fourth-order valence-corrected chi connectivity index (χ4v) is 3.30. The Kier molecular flexibility index (Phi) is 4.79. The minimum absolute atomic E-state index is 0.00832. The van der Waals surface area contributed by atoms with Gasteiger partial charge in [0.15, 0.2) is 5.76 Å². The largest absolute Gasteiger partial charge is 0.494 e. The van der Waals surface area contributed by atoms with Crippen molar-refractivity contribution in [3.8, 4) is 11.1 Å². The molecule has 0 saturated carbocycles. The second-order valence-corrected chi connectivity index (χ2v) is 6.28. The number of fused-ring (bicyclic) bond motifs is 1. The van der Waals surface area contributed by atoms with Crippen molar-refractivity contribution in [2.75, 3.05) is 13.2 Å². The second kappa shape index (κ2) is 7.54. The minimum Gasteiger partial charge on any atom is -0.494 e. The van der Waals surface area contributed by atoms with Crippen LogP contribution in [0.5, 0.6) is 0 Å². The lowest BCUT2D eigenvalue weighted by atomic mass is 9.97. The molecule has 1 aliphatic heterocycles. The number of ether oxygens (including phenoxy) is 2. The predicted octanol–water partition coefficient (Wildman–Crippen LogP) is 4.92. The molecule has 4 heteroatoms. The summed E-state index contributed by atoms with van der Waals surface area (Å²) >= 11 is 0. The maximum absolute atomic E-state index is 13.2. The molecule has 0 aliphatic carbocycles. The van der Waals surface area contributed by atoms with Gasteiger partial charge in [0.25, 0.3) is 0 Å². The van der Waals surface area contributed by atoms with Crippen molar-refractivity contribution in [1.82, 2.24) is 0 Å². The van der Waals surface area contributed by atoms with Crippen molar-refractivity contribution in [2.24, 2.45) is 0 Å². The maximum atomic E-state index is 13.2. The summed E-state index contributed by atoms with van der Waals surface area (Å²) in [6.07, 6.45) is 7.69. The van der Waals surface area contributed by atoms with Crippen molar-refractivity contribution in [2.45, 2.75) is 13.3 Å². The smallest absolute Gasteiger partial charge is 0.200 e. The van der Waals surface area contributed by atoms with Crippen molar-refractivity contribution < 1.29 is 13.9 Å². The third-order valence-electron chi connectivity index (χ3n) is 4.62. The molecule has 0 N–H and O–H groups in total. The van der Waals surface area contributed by atoms with E-state index in [0.717, 1.165) is 23.1 Å². The van der Waals surface area contributed by atoms with Crippen LogP contribution in [0, 0.1) is 0 Å². The number of allylic oxidation sites excluding steroid dienone is 1. The van der Waals surface area contributed by atoms with Crippen molar-refractivity contribution >= 4 is 17.0 Å². The Hall–Kier alpha value is -3.27. The van der Waals surface area contributed by atoms with E-state index in [2.05, 4.69) is 0 Å². The molecule has 1 aliphatic rings. The molecule has 3 aromatic rings. The van der Waals surface area contributed by atoms with Crippen LogP contribution in [0.1, 0.15) is 18.1 Å². The lowest BCUT2D eigenvalue weighted by molar-refractivity contribution is 0.0922. The zero-order chi connectivity index (χ0) is 18.6. The highest BCUT2D eigenvalue weighted by Crippen LogP contribution is 2.26. The van der Waals surface area contributed by atoms with Gasteiger partial charge in [-0.1, -0.05) is 49.4 Å². The molecule has 1 aromatic heterocycles. The molecule has 0 amide bonds. The Bertz CT molecular complexity index is 1070. The molecule has 0 atom stereocenters. The van der Waals surface area contributed by atoms with Crippen LogP contribution in [0.3, 0.4) is 0 Å². The van der Waals surface area contributed by atoms with Gasteiger partial charge in [0.05, 0.1) is 10.9 Å². The van der Waals surface area contributed by atoms with Crippen LogP contribution in [0.2, 0.25) is 0 Å². The molecule has 0 radical (unpaired) electrons. The number of benzene rings is 2. The quantitative estimate of drug-likeness (QED) is 0.662. The van der Waals surface area contributed by atoms with E-state index in [1.807, 2.05) is 61.5 Å². The molecule has 0 unspecified atom stereocenters. The molecule has 4 nitrogen and oxygen atoms in total. The summed E-state index contributed by atoms with van der Waals surface area (Å²) in [5.74, 6) is 0.675. The number of hydrogen-bond donors (Lipinski definition) is 0. The third-order valence-corrected chi connectivity index (χ3v) is 4.62. The highest BCUT2D eigenvalue weighted by molar-refractivity contribution is 5.87. The van der Waals surface area contributed by atoms with Crippen LogP contribution in [-0.4, -0.2) is 13.2 Å². The lowest BCUT2D eigenvalue weighted by Crippen LogP contribution is -2.08. The van der Waals surface area contributed by atoms with Gasteiger partial charge >= 0.3 is 0 Å². The highest BCUT2D eigenvalue weighted by Gasteiger charge is 2.14. The first-order valence-corrected chi connectivity index (χ1v) is 9.03. The molecule has 0 bridgehead atoms. The van der Waals surface area contributed by atoms with E-state index < -0.39 is 0 Å². The Balaban J connectivity index is 1.85. The standard InChI is InChI=1S/C23H20O4/c1-2-19-17(8-10-18-14-25-12-13-26-18)9-11-21-22(19)23(24)20(15-27-21)16-6-4-3-5-7-16/h3-11,14-15H,2,12-13H2,1H3/b10-8-. The monoisotopic (exact) mass is 360 g/mol. The van der Waals surface area contributed by atoms with Gasteiger partial charge in [0, 0.05) is 0 Å². The first kappa shape index (κ1) is 17.2. The highest BCUT2D eigenvalue weighted by atomic mass is 16.6. The van der Waals surface area contributed by atoms with Gasteiger partial charge in [-0.15, -0.1) is 0 Å². The summed E-state index contributed by atoms with van der Waals surface area (Å²) in [5, 5.41) is 0.635. The van der Waals surface area contributed by atoms with Crippen molar-refractivity contribution in [3.05, 3.63) is 88.2 Å². The van der Waals surface area contributed by atoms with Crippen molar-refractivity contribution in [1.29, 1.82) is 0 Å². The Morgan fingerprint density at radius 1 is 1.04 bits per heavy atom. The van der Waals surface area contributed by atoms with Gasteiger partial charge < -0.3 is 13.9 Å². The molecule has 4 rings (SSSR count). The molecule has 2 aromatic carbocycles. The Morgan fingerprint density at radius 2 is 1.89 bits per heavy atom. The van der Waals surface area contributed by atoms with E-state index in [-0.39, 0.29) is 5.43 Å². The van der Waals surface area contributed by atoms with Crippen LogP contribution in [0.25, 0.3) is 28.2 Å². The molecular formula is C23H20O4. The predicted molar refractivity (Wildman–Crippen MR) is 106 cm³/mol. The van der Waals surface area contributed by atoms with Gasteiger partial charge in [0.2, 0.25) is 5.43 Å². The summed E-state index contributed by atoms with van der Waals surface area (Å²) in [4.78, 5) is 13.2.